The molecule has 392 valence electrons. The maximum Gasteiger partial charge on any atom is 0.306 e. The lowest BCUT2D eigenvalue weighted by Gasteiger charge is -2.18. The largest absolute Gasteiger partial charge is 0.462 e. The summed E-state index contributed by atoms with van der Waals surface area (Å²) in [6, 6.07) is 0. The summed E-state index contributed by atoms with van der Waals surface area (Å²) in [5.74, 6) is -0.976. The summed E-state index contributed by atoms with van der Waals surface area (Å²) in [6.07, 6.45) is 76.5. The zero-order valence-corrected chi connectivity index (χ0v) is 44.8. The number of ether oxygens (including phenoxy) is 3. The molecule has 1 atom stereocenters. The number of rotatable bonds is 50. The van der Waals surface area contributed by atoms with Crippen molar-refractivity contribution in [2.45, 2.75) is 258 Å². The molecule has 0 aliphatic heterocycles. The van der Waals surface area contributed by atoms with E-state index in [1.165, 1.54) is 83.5 Å². The van der Waals surface area contributed by atoms with E-state index >= 15 is 0 Å². The normalized spacial score (nSPS) is 12.9. The van der Waals surface area contributed by atoms with Crippen molar-refractivity contribution in [3.63, 3.8) is 0 Å². The van der Waals surface area contributed by atoms with Crippen LogP contribution in [-0.2, 0) is 28.6 Å². The van der Waals surface area contributed by atoms with Crippen LogP contribution in [0.15, 0.2) is 109 Å². The highest BCUT2D eigenvalue weighted by molar-refractivity contribution is 5.71. The fourth-order valence-corrected chi connectivity index (χ4v) is 7.53. The zero-order chi connectivity index (χ0) is 50.0. The molecular weight excluding hydrogens is 853 g/mol. The summed E-state index contributed by atoms with van der Waals surface area (Å²) in [6.45, 7) is 6.40. The van der Waals surface area contributed by atoms with Gasteiger partial charge in [-0.3, -0.25) is 14.4 Å². The van der Waals surface area contributed by atoms with Gasteiger partial charge in [0.05, 0.1) is 0 Å². The zero-order valence-electron chi connectivity index (χ0n) is 44.8. The van der Waals surface area contributed by atoms with Gasteiger partial charge in [-0.25, -0.2) is 0 Å². The first-order chi connectivity index (χ1) is 34.0. The van der Waals surface area contributed by atoms with Gasteiger partial charge in [-0.2, -0.15) is 0 Å². The molecular formula is C63H104O6. The summed E-state index contributed by atoms with van der Waals surface area (Å²) in [4.78, 5) is 38.1. The van der Waals surface area contributed by atoms with Crippen molar-refractivity contribution in [3.05, 3.63) is 109 Å². The molecule has 0 spiro atoms. The molecule has 0 aromatic rings. The second kappa shape index (κ2) is 56.7. The van der Waals surface area contributed by atoms with Gasteiger partial charge in [0.1, 0.15) is 13.2 Å². The summed E-state index contributed by atoms with van der Waals surface area (Å²) < 4.78 is 16.8. The van der Waals surface area contributed by atoms with E-state index in [1.807, 2.05) is 0 Å². The van der Waals surface area contributed by atoms with Gasteiger partial charge in [0.25, 0.3) is 0 Å². The molecule has 69 heavy (non-hydrogen) atoms. The first-order valence-electron chi connectivity index (χ1n) is 28.4. The SMILES string of the molecule is CC/C=C\C/C=C\C/C=C\C/C=C\C/C=C\C/C=C\C/C=C\CCCC(=O)OCC(COC(=O)CCCCCCC/C=C\C/C=C\CCC)OC(=O)CCCCCCCCCCCCCCCCC. The first-order valence-corrected chi connectivity index (χ1v) is 28.4. The number of hydrogen-bond acceptors (Lipinski definition) is 6. The highest BCUT2D eigenvalue weighted by atomic mass is 16.6. The molecule has 0 aromatic heterocycles. The van der Waals surface area contributed by atoms with E-state index in [0.29, 0.717) is 19.3 Å². The number of carbonyl (C=O) groups excluding carboxylic acids is 3. The Balaban J connectivity index is 4.47. The third kappa shape index (κ3) is 54.9. The van der Waals surface area contributed by atoms with Crippen molar-refractivity contribution in [1.82, 2.24) is 0 Å². The average molecular weight is 958 g/mol. The van der Waals surface area contributed by atoms with Crippen molar-refractivity contribution in [2.75, 3.05) is 13.2 Å². The molecule has 0 aromatic carbocycles. The quantitative estimate of drug-likeness (QED) is 0.0262. The minimum absolute atomic E-state index is 0.103. The summed E-state index contributed by atoms with van der Waals surface area (Å²) in [5.41, 5.74) is 0. The third-order valence-electron chi connectivity index (χ3n) is 11.7. The molecule has 0 bridgehead atoms. The number of carbonyl (C=O) groups is 3. The van der Waals surface area contributed by atoms with Gasteiger partial charge in [0, 0.05) is 19.3 Å². The van der Waals surface area contributed by atoms with Crippen LogP contribution in [0.3, 0.4) is 0 Å². The molecule has 0 radical (unpaired) electrons. The minimum atomic E-state index is -0.807. The lowest BCUT2D eigenvalue weighted by Crippen LogP contribution is -2.30. The monoisotopic (exact) mass is 957 g/mol. The van der Waals surface area contributed by atoms with Crippen LogP contribution in [0.4, 0.5) is 0 Å². The minimum Gasteiger partial charge on any atom is -0.462 e. The molecule has 0 aliphatic rings. The van der Waals surface area contributed by atoms with Gasteiger partial charge in [-0.15, -0.1) is 0 Å². The van der Waals surface area contributed by atoms with Gasteiger partial charge in [0.2, 0.25) is 0 Å². The first kappa shape index (κ1) is 65.1. The molecule has 1 unspecified atom stereocenters. The molecule has 0 rings (SSSR count). The van der Waals surface area contributed by atoms with Crippen LogP contribution in [0.5, 0.6) is 0 Å². The smallest absolute Gasteiger partial charge is 0.306 e. The Bertz CT molecular complexity index is 1420. The van der Waals surface area contributed by atoms with Crippen molar-refractivity contribution in [1.29, 1.82) is 0 Å². The average Bonchev–Trinajstić information content (AvgIpc) is 3.35. The molecule has 0 aliphatic carbocycles. The molecule has 0 amide bonds. The fourth-order valence-electron chi connectivity index (χ4n) is 7.53. The van der Waals surface area contributed by atoms with E-state index in [2.05, 4.69) is 130 Å². The molecule has 0 saturated heterocycles. The van der Waals surface area contributed by atoms with Gasteiger partial charge in [0.15, 0.2) is 6.10 Å². The number of esters is 3. The second-order valence-corrected chi connectivity index (χ2v) is 18.5. The van der Waals surface area contributed by atoms with Crippen LogP contribution >= 0.6 is 0 Å². The summed E-state index contributed by atoms with van der Waals surface area (Å²) >= 11 is 0. The van der Waals surface area contributed by atoms with Crippen molar-refractivity contribution in [2.24, 2.45) is 0 Å². The highest BCUT2D eigenvalue weighted by Crippen LogP contribution is 2.15. The Kier molecular flexibility index (Phi) is 53.4. The number of allylic oxidation sites excluding steroid dienone is 18. The molecule has 0 fully saturated rings. The van der Waals surface area contributed by atoms with Crippen LogP contribution < -0.4 is 0 Å². The Labute approximate surface area is 425 Å². The van der Waals surface area contributed by atoms with Gasteiger partial charge in [-0.05, 0) is 96.3 Å². The Hall–Kier alpha value is -3.93. The highest BCUT2D eigenvalue weighted by Gasteiger charge is 2.19. The molecule has 0 N–H and O–H groups in total. The predicted octanol–water partition coefficient (Wildman–Crippen LogP) is 19.1. The molecule has 6 heteroatoms. The van der Waals surface area contributed by atoms with E-state index in [0.717, 1.165) is 122 Å². The maximum absolute atomic E-state index is 12.8. The lowest BCUT2D eigenvalue weighted by molar-refractivity contribution is -0.167. The van der Waals surface area contributed by atoms with Gasteiger partial charge < -0.3 is 14.2 Å². The molecule has 6 nitrogen and oxygen atoms in total. The van der Waals surface area contributed by atoms with Gasteiger partial charge in [-0.1, -0.05) is 246 Å². The van der Waals surface area contributed by atoms with E-state index in [9.17, 15) is 14.4 Å². The van der Waals surface area contributed by atoms with Crippen molar-refractivity contribution < 1.29 is 28.6 Å². The van der Waals surface area contributed by atoms with E-state index in [4.69, 9.17) is 14.2 Å². The van der Waals surface area contributed by atoms with E-state index in [1.54, 1.807) is 0 Å². The van der Waals surface area contributed by atoms with Gasteiger partial charge >= 0.3 is 17.9 Å². The maximum atomic E-state index is 12.8. The van der Waals surface area contributed by atoms with Crippen LogP contribution in [0, 0.1) is 0 Å². The lowest BCUT2D eigenvalue weighted by atomic mass is 10.0. The molecule has 0 saturated carbocycles. The topological polar surface area (TPSA) is 78.9 Å². The van der Waals surface area contributed by atoms with Crippen LogP contribution in [-0.4, -0.2) is 37.2 Å². The third-order valence-corrected chi connectivity index (χ3v) is 11.7. The van der Waals surface area contributed by atoms with Crippen LogP contribution in [0.25, 0.3) is 0 Å². The summed E-state index contributed by atoms with van der Waals surface area (Å²) in [7, 11) is 0. The Morgan fingerprint density at radius 3 is 1.00 bits per heavy atom. The fraction of sp³-hybridized carbons (Fsp3) is 0.667. The standard InChI is InChI=1S/C63H104O6/c1-4-7-10-13-16-19-22-25-27-28-29-30-31-32-33-34-36-38-41-44-47-50-53-56-62(65)68-59-60(58-67-61(64)55-52-49-46-43-40-37-24-21-18-15-12-9-6-3)69-63(66)57-54-51-48-45-42-39-35-26-23-20-17-14-11-8-5-2/h7,10,12,15-16,19,21,24-25,27,29-30,32-33,36,38,44,47,60H,4-6,8-9,11,13-14,17-18,20,22-23,26,28,31,34-35,37,39-43,45-46,48-59H2,1-3H3/b10-7-,15-12-,19-16-,24-21-,27-25-,30-29-,33-32-,38-36-,47-44-. The second-order valence-electron chi connectivity index (χ2n) is 18.5. The van der Waals surface area contributed by atoms with E-state index < -0.39 is 6.10 Å². The van der Waals surface area contributed by atoms with Crippen molar-refractivity contribution >= 4 is 17.9 Å². The number of unbranched alkanes of at least 4 members (excludes halogenated alkanes) is 21. The van der Waals surface area contributed by atoms with Crippen LogP contribution in [0.2, 0.25) is 0 Å². The molecule has 0 heterocycles. The van der Waals surface area contributed by atoms with Crippen LogP contribution in [0.1, 0.15) is 252 Å². The number of hydrogen-bond donors (Lipinski definition) is 0. The predicted molar refractivity (Wildman–Crippen MR) is 297 cm³/mol. The summed E-state index contributed by atoms with van der Waals surface area (Å²) in [5, 5.41) is 0. The van der Waals surface area contributed by atoms with Crippen molar-refractivity contribution in [3.8, 4) is 0 Å². The Morgan fingerprint density at radius 2 is 0.609 bits per heavy atom. The van der Waals surface area contributed by atoms with E-state index in [-0.39, 0.29) is 37.5 Å². The Morgan fingerprint density at radius 1 is 0.304 bits per heavy atom.